The first-order valence-corrected chi connectivity index (χ1v) is 4.74. The topological polar surface area (TPSA) is 55.5 Å². The van der Waals surface area contributed by atoms with Crippen molar-refractivity contribution in [2.24, 2.45) is 5.73 Å². The van der Waals surface area contributed by atoms with Crippen LogP contribution in [0.4, 0.5) is 0 Å². The minimum Gasteiger partial charge on any atom is -0.387 e. The van der Waals surface area contributed by atoms with E-state index in [0.29, 0.717) is 0 Å². The molecule has 0 aromatic heterocycles. The summed E-state index contributed by atoms with van der Waals surface area (Å²) in [5.41, 5.74) is 7.43. The van der Waals surface area contributed by atoms with Crippen LogP contribution in [0.25, 0.3) is 0 Å². The van der Waals surface area contributed by atoms with Crippen LogP contribution in [-0.2, 0) is 11.2 Å². The van der Waals surface area contributed by atoms with Gasteiger partial charge < -0.3 is 15.6 Å². The molecular formula is C11H17NO2. The Morgan fingerprint density at radius 2 is 2.00 bits per heavy atom. The van der Waals surface area contributed by atoms with Crippen LogP contribution in [0.1, 0.15) is 17.2 Å². The summed E-state index contributed by atoms with van der Waals surface area (Å²) in [5, 5.41) is 9.45. The van der Waals surface area contributed by atoms with Gasteiger partial charge in [-0.3, -0.25) is 0 Å². The van der Waals surface area contributed by atoms with E-state index in [1.165, 1.54) is 5.56 Å². The molecule has 1 atom stereocenters. The Balaban J connectivity index is 2.59. The third kappa shape index (κ3) is 3.10. The summed E-state index contributed by atoms with van der Waals surface area (Å²) < 4.78 is 4.98. The highest BCUT2D eigenvalue weighted by atomic mass is 16.5. The quantitative estimate of drug-likeness (QED) is 0.733. The molecule has 3 N–H and O–H groups in total. The molecule has 0 heterocycles. The van der Waals surface area contributed by atoms with E-state index in [9.17, 15) is 5.11 Å². The summed E-state index contributed by atoms with van der Waals surface area (Å²) in [6, 6.07) is 7.80. The van der Waals surface area contributed by atoms with Gasteiger partial charge in [0.15, 0.2) is 0 Å². The Morgan fingerprint density at radius 3 is 2.50 bits per heavy atom. The van der Waals surface area contributed by atoms with E-state index in [1.807, 2.05) is 24.3 Å². The zero-order chi connectivity index (χ0) is 10.4. The van der Waals surface area contributed by atoms with Crippen molar-refractivity contribution in [3.8, 4) is 0 Å². The standard InChI is InChI=1S/C11H17NO2/c1-14-7-6-9-2-4-10(5-3-9)11(13)8-12/h2-5,11,13H,6-8,12H2,1H3. The molecule has 1 rings (SSSR count). The van der Waals surface area contributed by atoms with Gasteiger partial charge in [-0.05, 0) is 17.5 Å². The van der Waals surface area contributed by atoms with Crippen LogP contribution in [0.5, 0.6) is 0 Å². The number of ether oxygens (including phenoxy) is 1. The Morgan fingerprint density at radius 1 is 1.36 bits per heavy atom. The van der Waals surface area contributed by atoms with Crippen LogP contribution in [0, 0.1) is 0 Å². The van der Waals surface area contributed by atoms with Crippen molar-refractivity contribution in [1.29, 1.82) is 0 Å². The lowest BCUT2D eigenvalue weighted by Crippen LogP contribution is -2.11. The van der Waals surface area contributed by atoms with Gasteiger partial charge in [0.05, 0.1) is 12.7 Å². The van der Waals surface area contributed by atoms with Gasteiger partial charge in [0.1, 0.15) is 0 Å². The lowest BCUT2D eigenvalue weighted by Gasteiger charge is -2.08. The van der Waals surface area contributed by atoms with E-state index >= 15 is 0 Å². The zero-order valence-electron chi connectivity index (χ0n) is 8.44. The molecule has 0 amide bonds. The van der Waals surface area contributed by atoms with Gasteiger partial charge in [-0.2, -0.15) is 0 Å². The predicted molar refractivity (Wildman–Crippen MR) is 56.0 cm³/mol. The van der Waals surface area contributed by atoms with Crippen LogP contribution in [0.3, 0.4) is 0 Å². The summed E-state index contributed by atoms with van der Waals surface area (Å²) >= 11 is 0. The highest BCUT2D eigenvalue weighted by Crippen LogP contribution is 2.12. The monoisotopic (exact) mass is 195 g/mol. The Labute approximate surface area is 84.5 Å². The van der Waals surface area contributed by atoms with Crippen molar-refractivity contribution < 1.29 is 9.84 Å². The van der Waals surface area contributed by atoms with E-state index in [1.54, 1.807) is 7.11 Å². The van der Waals surface area contributed by atoms with Gasteiger partial charge in [-0.1, -0.05) is 24.3 Å². The lowest BCUT2D eigenvalue weighted by atomic mass is 10.1. The maximum Gasteiger partial charge on any atom is 0.0912 e. The van der Waals surface area contributed by atoms with E-state index in [2.05, 4.69) is 0 Å². The largest absolute Gasteiger partial charge is 0.387 e. The summed E-state index contributed by atoms with van der Waals surface area (Å²) in [6.45, 7) is 0.982. The van der Waals surface area contributed by atoms with Crippen LogP contribution in [0.15, 0.2) is 24.3 Å². The average molecular weight is 195 g/mol. The highest BCUT2D eigenvalue weighted by molar-refractivity contribution is 5.24. The number of aliphatic hydroxyl groups excluding tert-OH is 1. The number of hydrogen-bond acceptors (Lipinski definition) is 3. The first kappa shape index (κ1) is 11.2. The molecule has 0 saturated carbocycles. The van der Waals surface area contributed by atoms with Crippen molar-refractivity contribution in [2.75, 3.05) is 20.3 Å². The van der Waals surface area contributed by atoms with Gasteiger partial charge in [0, 0.05) is 13.7 Å². The number of aliphatic hydroxyl groups is 1. The van der Waals surface area contributed by atoms with Gasteiger partial charge in [-0.25, -0.2) is 0 Å². The van der Waals surface area contributed by atoms with Crippen LogP contribution in [0.2, 0.25) is 0 Å². The van der Waals surface area contributed by atoms with E-state index in [-0.39, 0.29) is 6.54 Å². The molecule has 1 unspecified atom stereocenters. The summed E-state index contributed by atoms with van der Waals surface area (Å²) in [5.74, 6) is 0. The van der Waals surface area contributed by atoms with E-state index in [4.69, 9.17) is 10.5 Å². The molecule has 0 fully saturated rings. The normalized spacial score (nSPS) is 12.8. The summed E-state index contributed by atoms with van der Waals surface area (Å²) in [7, 11) is 1.69. The summed E-state index contributed by atoms with van der Waals surface area (Å²) in [4.78, 5) is 0. The molecule has 0 radical (unpaired) electrons. The number of hydrogen-bond donors (Lipinski definition) is 2. The van der Waals surface area contributed by atoms with Crippen molar-refractivity contribution >= 4 is 0 Å². The molecule has 0 aliphatic carbocycles. The SMILES string of the molecule is COCCc1ccc(C(O)CN)cc1. The maximum absolute atomic E-state index is 9.45. The molecular weight excluding hydrogens is 178 g/mol. The van der Waals surface area contributed by atoms with Gasteiger partial charge in [0.25, 0.3) is 0 Å². The molecule has 0 saturated heterocycles. The molecule has 3 heteroatoms. The number of benzene rings is 1. The van der Waals surface area contributed by atoms with Gasteiger partial charge in [0.2, 0.25) is 0 Å². The first-order valence-electron chi connectivity index (χ1n) is 4.74. The van der Waals surface area contributed by atoms with Crippen molar-refractivity contribution in [3.05, 3.63) is 35.4 Å². The predicted octanol–water partition coefficient (Wildman–Crippen LogP) is 0.868. The molecule has 14 heavy (non-hydrogen) atoms. The van der Waals surface area contributed by atoms with Crippen molar-refractivity contribution in [1.82, 2.24) is 0 Å². The number of methoxy groups -OCH3 is 1. The number of nitrogens with two attached hydrogens (primary N) is 1. The second kappa shape index (κ2) is 5.75. The fourth-order valence-corrected chi connectivity index (χ4v) is 1.26. The van der Waals surface area contributed by atoms with Crippen LogP contribution in [-0.4, -0.2) is 25.4 Å². The Kier molecular flexibility index (Phi) is 4.59. The maximum atomic E-state index is 9.45. The van der Waals surface area contributed by atoms with Crippen molar-refractivity contribution in [3.63, 3.8) is 0 Å². The molecule has 0 aliphatic heterocycles. The second-order valence-electron chi connectivity index (χ2n) is 3.24. The van der Waals surface area contributed by atoms with E-state index in [0.717, 1.165) is 18.6 Å². The zero-order valence-corrected chi connectivity index (χ0v) is 8.44. The summed E-state index contributed by atoms with van der Waals surface area (Å²) in [6.07, 6.45) is 0.349. The fraction of sp³-hybridized carbons (Fsp3) is 0.455. The minimum absolute atomic E-state index is 0.261. The smallest absolute Gasteiger partial charge is 0.0912 e. The third-order valence-corrected chi connectivity index (χ3v) is 2.18. The minimum atomic E-state index is -0.550. The Hall–Kier alpha value is -0.900. The van der Waals surface area contributed by atoms with Crippen LogP contribution >= 0.6 is 0 Å². The Bertz CT molecular complexity index is 258. The molecule has 1 aromatic carbocycles. The lowest BCUT2D eigenvalue weighted by molar-refractivity contribution is 0.186. The second-order valence-corrected chi connectivity index (χ2v) is 3.24. The van der Waals surface area contributed by atoms with Crippen molar-refractivity contribution in [2.45, 2.75) is 12.5 Å². The van der Waals surface area contributed by atoms with E-state index < -0.39 is 6.10 Å². The molecule has 0 spiro atoms. The molecule has 1 aromatic rings. The highest BCUT2D eigenvalue weighted by Gasteiger charge is 2.03. The average Bonchev–Trinajstić information content (AvgIpc) is 2.26. The molecule has 0 bridgehead atoms. The van der Waals surface area contributed by atoms with Crippen LogP contribution < -0.4 is 5.73 Å². The van der Waals surface area contributed by atoms with Gasteiger partial charge >= 0.3 is 0 Å². The third-order valence-electron chi connectivity index (χ3n) is 2.18. The van der Waals surface area contributed by atoms with Gasteiger partial charge in [-0.15, -0.1) is 0 Å². The first-order chi connectivity index (χ1) is 6.77. The molecule has 3 nitrogen and oxygen atoms in total. The number of rotatable bonds is 5. The fourth-order valence-electron chi connectivity index (χ4n) is 1.26. The molecule has 0 aliphatic rings. The molecule has 78 valence electrons.